The molecule has 0 aliphatic carbocycles. The van der Waals surface area contributed by atoms with Gasteiger partial charge in [0.1, 0.15) is 5.75 Å². The summed E-state index contributed by atoms with van der Waals surface area (Å²) in [5.74, 6) is 0.414. The van der Waals surface area contributed by atoms with Crippen LogP contribution in [-0.2, 0) is 5.75 Å². The second kappa shape index (κ2) is 8.24. The molecule has 0 aliphatic heterocycles. The highest BCUT2D eigenvalue weighted by Gasteiger charge is 2.31. The van der Waals surface area contributed by atoms with E-state index in [0.717, 1.165) is 27.3 Å². The first-order valence-corrected chi connectivity index (χ1v) is 10.4. The summed E-state index contributed by atoms with van der Waals surface area (Å²) < 4.78 is 43.3. The van der Waals surface area contributed by atoms with Gasteiger partial charge in [-0.25, -0.2) is 4.98 Å². The molecule has 0 aliphatic rings. The van der Waals surface area contributed by atoms with Crippen molar-refractivity contribution < 1.29 is 17.9 Å². The number of fused-ring (bicyclic) bond motifs is 1. The standard InChI is InChI=1S/C22H16ClF3N2OS/c1-14-2-11-19-20(12-14)28(17-7-9-18(10-8-17)29-22(24,25)26)21(27-19)30-13-15-3-5-16(23)6-4-15/h2-12H,13H2,1H3. The van der Waals surface area contributed by atoms with Gasteiger partial charge in [0.05, 0.1) is 11.0 Å². The largest absolute Gasteiger partial charge is 0.573 e. The molecular weight excluding hydrogens is 433 g/mol. The van der Waals surface area contributed by atoms with Gasteiger partial charge < -0.3 is 4.74 Å². The van der Waals surface area contributed by atoms with E-state index < -0.39 is 6.36 Å². The van der Waals surface area contributed by atoms with Gasteiger partial charge in [-0.2, -0.15) is 0 Å². The molecule has 0 unspecified atom stereocenters. The van der Waals surface area contributed by atoms with Crippen LogP contribution in [0.5, 0.6) is 5.75 Å². The summed E-state index contributed by atoms with van der Waals surface area (Å²) in [4.78, 5) is 4.73. The van der Waals surface area contributed by atoms with Crippen LogP contribution in [0, 0.1) is 6.92 Å². The van der Waals surface area contributed by atoms with E-state index in [1.165, 1.54) is 12.1 Å². The van der Waals surface area contributed by atoms with Crippen LogP contribution in [0.15, 0.2) is 71.9 Å². The lowest BCUT2D eigenvalue weighted by atomic mass is 10.2. The first kappa shape index (κ1) is 20.6. The maximum absolute atomic E-state index is 12.5. The molecule has 0 saturated heterocycles. The molecule has 0 N–H and O–H groups in total. The smallest absolute Gasteiger partial charge is 0.406 e. The Morgan fingerprint density at radius 1 is 1.00 bits per heavy atom. The van der Waals surface area contributed by atoms with Crippen LogP contribution in [0.2, 0.25) is 5.02 Å². The maximum Gasteiger partial charge on any atom is 0.573 e. The van der Waals surface area contributed by atoms with Crippen LogP contribution in [0.25, 0.3) is 16.7 Å². The Morgan fingerprint density at radius 2 is 1.70 bits per heavy atom. The summed E-state index contributed by atoms with van der Waals surface area (Å²) in [6.45, 7) is 1.98. The Bertz CT molecular complexity index is 1170. The van der Waals surface area contributed by atoms with Crippen molar-refractivity contribution in [3.8, 4) is 11.4 Å². The maximum atomic E-state index is 12.5. The number of thioether (sulfide) groups is 1. The summed E-state index contributed by atoms with van der Waals surface area (Å²) in [6, 6.07) is 19.3. The number of ether oxygens (including phenoxy) is 1. The molecule has 154 valence electrons. The third kappa shape index (κ3) is 4.74. The Morgan fingerprint density at radius 3 is 2.37 bits per heavy atom. The number of rotatable bonds is 5. The average molecular weight is 449 g/mol. The van der Waals surface area contributed by atoms with Crippen molar-refractivity contribution in [2.24, 2.45) is 0 Å². The summed E-state index contributed by atoms with van der Waals surface area (Å²) in [7, 11) is 0. The van der Waals surface area contributed by atoms with Gasteiger partial charge >= 0.3 is 6.36 Å². The fraction of sp³-hybridized carbons (Fsp3) is 0.136. The Hall–Kier alpha value is -2.64. The van der Waals surface area contributed by atoms with Gasteiger partial charge in [0.2, 0.25) is 0 Å². The molecule has 0 saturated carbocycles. The van der Waals surface area contributed by atoms with Gasteiger partial charge in [0, 0.05) is 16.5 Å². The SMILES string of the molecule is Cc1ccc2nc(SCc3ccc(Cl)cc3)n(-c3ccc(OC(F)(F)F)cc3)c2c1. The van der Waals surface area contributed by atoms with Gasteiger partial charge in [-0.05, 0) is 66.6 Å². The van der Waals surface area contributed by atoms with E-state index in [9.17, 15) is 13.2 Å². The van der Waals surface area contributed by atoms with E-state index in [2.05, 4.69) is 4.74 Å². The van der Waals surface area contributed by atoms with Gasteiger partial charge in [0.25, 0.3) is 0 Å². The molecule has 0 amide bonds. The zero-order valence-corrected chi connectivity index (χ0v) is 17.4. The zero-order chi connectivity index (χ0) is 21.3. The van der Waals surface area contributed by atoms with Crippen molar-refractivity contribution in [3.63, 3.8) is 0 Å². The predicted octanol–water partition coefficient (Wildman–Crippen LogP) is 7.18. The first-order valence-electron chi connectivity index (χ1n) is 9.01. The topological polar surface area (TPSA) is 27.1 Å². The lowest BCUT2D eigenvalue weighted by Crippen LogP contribution is -2.17. The lowest BCUT2D eigenvalue weighted by molar-refractivity contribution is -0.274. The number of hydrogen-bond acceptors (Lipinski definition) is 3. The first-order chi connectivity index (χ1) is 14.3. The second-order valence-electron chi connectivity index (χ2n) is 6.68. The molecule has 0 bridgehead atoms. The van der Waals surface area contributed by atoms with Gasteiger partial charge in [-0.15, -0.1) is 13.2 Å². The van der Waals surface area contributed by atoms with E-state index >= 15 is 0 Å². The molecule has 3 nitrogen and oxygen atoms in total. The van der Waals surface area contributed by atoms with Crippen molar-refractivity contribution in [3.05, 3.63) is 82.9 Å². The third-order valence-electron chi connectivity index (χ3n) is 4.39. The van der Waals surface area contributed by atoms with Crippen LogP contribution < -0.4 is 4.74 Å². The highest BCUT2D eigenvalue weighted by atomic mass is 35.5. The molecule has 0 radical (unpaired) electrons. The number of benzene rings is 3. The van der Waals surface area contributed by atoms with Crippen molar-refractivity contribution in [2.45, 2.75) is 24.2 Å². The van der Waals surface area contributed by atoms with Crippen LogP contribution in [0.1, 0.15) is 11.1 Å². The number of hydrogen-bond donors (Lipinski definition) is 0. The minimum absolute atomic E-state index is 0.262. The predicted molar refractivity (Wildman–Crippen MR) is 114 cm³/mol. The van der Waals surface area contributed by atoms with Gasteiger partial charge in [-0.1, -0.05) is 41.6 Å². The minimum atomic E-state index is -4.72. The number of aryl methyl sites for hydroxylation is 1. The van der Waals surface area contributed by atoms with E-state index in [1.807, 2.05) is 54.0 Å². The van der Waals surface area contributed by atoms with E-state index in [-0.39, 0.29) is 5.75 Å². The van der Waals surface area contributed by atoms with Crippen LogP contribution in [-0.4, -0.2) is 15.9 Å². The second-order valence-corrected chi connectivity index (χ2v) is 8.06. The highest BCUT2D eigenvalue weighted by molar-refractivity contribution is 7.98. The van der Waals surface area contributed by atoms with E-state index in [1.54, 1.807) is 23.9 Å². The Kier molecular flexibility index (Phi) is 5.66. The van der Waals surface area contributed by atoms with Crippen molar-refractivity contribution in [1.82, 2.24) is 9.55 Å². The monoisotopic (exact) mass is 448 g/mol. The fourth-order valence-corrected chi connectivity index (χ4v) is 4.14. The molecule has 8 heteroatoms. The van der Waals surface area contributed by atoms with Crippen molar-refractivity contribution in [1.29, 1.82) is 0 Å². The van der Waals surface area contributed by atoms with Crippen LogP contribution in [0.4, 0.5) is 13.2 Å². The Balaban J connectivity index is 1.70. The number of nitrogens with zero attached hydrogens (tertiary/aromatic N) is 2. The van der Waals surface area contributed by atoms with Crippen LogP contribution >= 0.6 is 23.4 Å². The van der Waals surface area contributed by atoms with E-state index in [0.29, 0.717) is 16.5 Å². The van der Waals surface area contributed by atoms with Crippen LogP contribution in [0.3, 0.4) is 0 Å². The number of imidazole rings is 1. The molecule has 4 rings (SSSR count). The summed E-state index contributed by atoms with van der Waals surface area (Å²) in [5, 5.41) is 1.42. The third-order valence-corrected chi connectivity index (χ3v) is 5.65. The summed E-state index contributed by atoms with van der Waals surface area (Å²) in [5.41, 5.74) is 4.56. The molecule has 3 aromatic carbocycles. The molecular formula is C22H16ClF3N2OS. The normalized spacial score (nSPS) is 11.8. The average Bonchev–Trinajstić information content (AvgIpc) is 3.04. The van der Waals surface area contributed by atoms with Crippen molar-refractivity contribution in [2.75, 3.05) is 0 Å². The quantitative estimate of drug-likeness (QED) is 0.302. The molecule has 0 fully saturated rings. The number of aromatic nitrogens is 2. The zero-order valence-electron chi connectivity index (χ0n) is 15.8. The molecule has 4 aromatic rings. The molecule has 0 spiro atoms. The summed E-state index contributed by atoms with van der Waals surface area (Å²) in [6.07, 6.45) is -4.72. The molecule has 1 heterocycles. The molecule has 30 heavy (non-hydrogen) atoms. The summed E-state index contributed by atoms with van der Waals surface area (Å²) >= 11 is 7.50. The Labute approximate surface area is 180 Å². The molecule has 1 aromatic heterocycles. The highest BCUT2D eigenvalue weighted by Crippen LogP contribution is 2.32. The van der Waals surface area contributed by atoms with Gasteiger partial charge in [0.15, 0.2) is 5.16 Å². The van der Waals surface area contributed by atoms with Crippen molar-refractivity contribution >= 4 is 34.4 Å². The minimum Gasteiger partial charge on any atom is -0.406 e. The number of halogens is 4. The number of alkyl halides is 3. The van der Waals surface area contributed by atoms with Gasteiger partial charge in [-0.3, -0.25) is 4.57 Å². The van der Waals surface area contributed by atoms with E-state index in [4.69, 9.17) is 16.6 Å². The fourth-order valence-electron chi connectivity index (χ4n) is 3.03. The lowest BCUT2D eigenvalue weighted by Gasteiger charge is -2.12. The molecule has 0 atom stereocenters.